The van der Waals surface area contributed by atoms with E-state index in [0.29, 0.717) is 36.2 Å². The molecule has 0 saturated carbocycles. The largest absolute Gasteiger partial charge is 0.358 e. The normalized spacial score (nSPS) is 11.5. The van der Waals surface area contributed by atoms with Crippen molar-refractivity contribution in [1.82, 2.24) is 24.5 Å². The molecule has 0 atom stereocenters. The van der Waals surface area contributed by atoms with Crippen LogP contribution >= 0.6 is 0 Å². The number of hydrogen-bond acceptors (Lipinski definition) is 4. The zero-order chi connectivity index (χ0) is 24.6. The summed E-state index contributed by atoms with van der Waals surface area (Å²) in [6.07, 6.45) is 2.71. The number of rotatable bonds is 6. The number of para-hydroxylation sites is 1. The van der Waals surface area contributed by atoms with E-state index in [0.717, 1.165) is 38.8 Å². The third-order valence-electron chi connectivity index (χ3n) is 6.43. The Morgan fingerprint density at radius 1 is 0.944 bits per heavy atom. The van der Waals surface area contributed by atoms with Gasteiger partial charge < -0.3 is 9.97 Å². The van der Waals surface area contributed by atoms with Crippen LogP contribution in [0.2, 0.25) is 0 Å². The number of nitrogens with one attached hydrogen (secondary N) is 3. The molecule has 0 fully saturated rings. The predicted molar refractivity (Wildman–Crippen MR) is 142 cm³/mol. The molecule has 3 heterocycles. The van der Waals surface area contributed by atoms with Gasteiger partial charge in [-0.25, -0.2) is 9.97 Å². The molecule has 0 unspecified atom stereocenters. The molecule has 0 saturated heterocycles. The van der Waals surface area contributed by atoms with Gasteiger partial charge in [-0.1, -0.05) is 37.3 Å². The van der Waals surface area contributed by atoms with Crippen LogP contribution in [0.25, 0.3) is 44.0 Å². The monoisotopic (exact) mass is 476 g/mol. The number of aryl methyl sites for hydroxylation is 2. The molecule has 0 aliphatic rings. The molecule has 0 spiro atoms. The summed E-state index contributed by atoms with van der Waals surface area (Å²) < 4.78 is 1.67. The van der Waals surface area contributed by atoms with Gasteiger partial charge in [0.1, 0.15) is 0 Å². The zero-order valence-electron chi connectivity index (χ0n) is 19.7. The van der Waals surface area contributed by atoms with E-state index in [1.165, 1.54) is 0 Å². The fourth-order valence-electron chi connectivity index (χ4n) is 4.48. The molecule has 1 amide bonds. The number of aromatic nitrogens is 5. The number of nitrogens with zero attached hydrogens (tertiary/aromatic N) is 3. The molecule has 3 aromatic heterocycles. The van der Waals surface area contributed by atoms with E-state index < -0.39 is 0 Å². The number of carbonyl (C=O) groups excluding carboxylic acids is 1. The van der Waals surface area contributed by atoms with E-state index in [-0.39, 0.29) is 11.5 Å². The van der Waals surface area contributed by atoms with E-state index in [4.69, 9.17) is 0 Å². The van der Waals surface area contributed by atoms with Gasteiger partial charge in [-0.2, -0.15) is 0 Å². The van der Waals surface area contributed by atoms with Crippen LogP contribution in [0.1, 0.15) is 19.0 Å². The fraction of sp³-hybridized carbons (Fsp3) is 0.143. The number of H-pyrrole nitrogens is 2. The van der Waals surface area contributed by atoms with Crippen LogP contribution in [-0.2, 0) is 17.8 Å². The lowest BCUT2D eigenvalue weighted by molar-refractivity contribution is -0.115. The minimum atomic E-state index is -0.0999. The third kappa shape index (κ3) is 4.02. The number of anilines is 1. The maximum absolute atomic E-state index is 13.3. The standard InChI is InChI=1S/C28H24N6O2/c1-2-26(35)33-28-31-24-10-8-18(15-25(24)32-28)17-7-9-23-21(14-17)27(36)34(16-29-23)12-11-20-13-19-5-3-4-6-22(19)30-20/h3-10,13-16,30H,2,11-12H2,1H3,(H2,31,32,33,35). The van der Waals surface area contributed by atoms with E-state index in [2.05, 4.69) is 37.4 Å². The summed E-state index contributed by atoms with van der Waals surface area (Å²) >= 11 is 0. The van der Waals surface area contributed by atoms with Crippen LogP contribution < -0.4 is 10.9 Å². The Hall–Kier alpha value is -4.72. The molecule has 3 N–H and O–H groups in total. The van der Waals surface area contributed by atoms with E-state index in [9.17, 15) is 9.59 Å². The van der Waals surface area contributed by atoms with Gasteiger partial charge in [0.25, 0.3) is 5.56 Å². The van der Waals surface area contributed by atoms with Crippen LogP contribution in [-0.4, -0.2) is 30.4 Å². The van der Waals surface area contributed by atoms with Crippen molar-refractivity contribution in [3.8, 4) is 11.1 Å². The highest BCUT2D eigenvalue weighted by Crippen LogP contribution is 2.26. The highest BCUT2D eigenvalue weighted by molar-refractivity contribution is 5.92. The quantitative estimate of drug-likeness (QED) is 0.314. The molecular weight excluding hydrogens is 452 g/mol. The van der Waals surface area contributed by atoms with Crippen molar-refractivity contribution in [1.29, 1.82) is 0 Å². The van der Waals surface area contributed by atoms with Gasteiger partial charge in [0.15, 0.2) is 0 Å². The summed E-state index contributed by atoms with van der Waals surface area (Å²) in [4.78, 5) is 40.5. The summed E-state index contributed by atoms with van der Waals surface area (Å²) in [7, 11) is 0. The third-order valence-corrected chi connectivity index (χ3v) is 6.43. The SMILES string of the molecule is CCC(=O)Nc1nc2ccc(-c3ccc4ncn(CCc5cc6ccccc6[nH]5)c(=O)c4c3)cc2[nH]1. The topological polar surface area (TPSA) is 108 Å². The lowest BCUT2D eigenvalue weighted by Gasteiger charge is -2.08. The molecule has 6 aromatic rings. The number of carbonyl (C=O) groups is 1. The molecule has 0 radical (unpaired) electrons. The maximum Gasteiger partial charge on any atom is 0.261 e. The second kappa shape index (κ2) is 8.81. The van der Waals surface area contributed by atoms with Gasteiger partial charge in [-0.05, 0) is 52.9 Å². The lowest BCUT2D eigenvalue weighted by Crippen LogP contribution is -2.21. The van der Waals surface area contributed by atoms with Gasteiger partial charge in [-0.3, -0.25) is 19.5 Å². The van der Waals surface area contributed by atoms with E-state index >= 15 is 0 Å². The first kappa shape index (κ1) is 21.8. The second-order valence-electron chi connectivity index (χ2n) is 8.83. The van der Waals surface area contributed by atoms with Crippen molar-refractivity contribution in [2.45, 2.75) is 26.3 Å². The first-order chi connectivity index (χ1) is 17.6. The van der Waals surface area contributed by atoms with E-state index in [1.54, 1.807) is 17.8 Å². The molecule has 0 bridgehead atoms. The van der Waals surface area contributed by atoms with Crippen molar-refractivity contribution in [2.75, 3.05) is 5.32 Å². The summed E-state index contributed by atoms with van der Waals surface area (Å²) in [6.45, 7) is 2.33. The van der Waals surface area contributed by atoms with Crippen LogP contribution in [0, 0.1) is 0 Å². The van der Waals surface area contributed by atoms with Crippen LogP contribution in [0.5, 0.6) is 0 Å². The average molecular weight is 477 g/mol. The summed E-state index contributed by atoms with van der Waals surface area (Å²) in [5.41, 5.74) is 6.19. The average Bonchev–Trinajstić information content (AvgIpc) is 3.50. The number of benzene rings is 3. The van der Waals surface area contributed by atoms with Gasteiger partial charge in [-0.15, -0.1) is 0 Å². The van der Waals surface area contributed by atoms with Crippen LogP contribution in [0.15, 0.2) is 77.9 Å². The van der Waals surface area contributed by atoms with Gasteiger partial charge in [0.05, 0.1) is 28.3 Å². The van der Waals surface area contributed by atoms with Crippen LogP contribution in [0.3, 0.4) is 0 Å². The number of imidazole rings is 1. The molecule has 3 aromatic carbocycles. The van der Waals surface area contributed by atoms with Gasteiger partial charge in [0, 0.05) is 30.6 Å². The first-order valence-electron chi connectivity index (χ1n) is 11.9. The first-order valence-corrected chi connectivity index (χ1v) is 11.9. The number of hydrogen-bond donors (Lipinski definition) is 3. The number of fused-ring (bicyclic) bond motifs is 3. The summed E-state index contributed by atoms with van der Waals surface area (Å²) in [6, 6.07) is 21.8. The molecule has 178 valence electrons. The highest BCUT2D eigenvalue weighted by Gasteiger charge is 2.10. The molecular formula is C28H24N6O2. The minimum absolute atomic E-state index is 0.0647. The molecule has 8 heteroatoms. The molecule has 0 aliphatic carbocycles. The summed E-state index contributed by atoms with van der Waals surface area (Å²) in [5, 5.41) is 4.49. The maximum atomic E-state index is 13.3. The Labute approximate surface area is 206 Å². The van der Waals surface area contributed by atoms with Crippen molar-refractivity contribution >= 4 is 44.7 Å². The zero-order valence-corrected chi connectivity index (χ0v) is 19.7. The van der Waals surface area contributed by atoms with Crippen LogP contribution in [0.4, 0.5) is 5.95 Å². The fourth-order valence-corrected chi connectivity index (χ4v) is 4.48. The predicted octanol–water partition coefficient (Wildman–Crippen LogP) is 5.01. The number of amides is 1. The van der Waals surface area contributed by atoms with Gasteiger partial charge in [0.2, 0.25) is 11.9 Å². The highest BCUT2D eigenvalue weighted by atomic mass is 16.1. The summed E-state index contributed by atoms with van der Waals surface area (Å²) in [5.74, 6) is 0.326. The van der Waals surface area contributed by atoms with Crippen molar-refractivity contribution in [3.63, 3.8) is 0 Å². The molecule has 6 rings (SSSR count). The minimum Gasteiger partial charge on any atom is -0.358 e. The van der Waals surface area contributed by atoms with Crippen molar-refractivity contribution in [3.05, 3.63) is 89.1 Å². The Balaban J connectivity index is 1.29. The Morgan fingerprint density at radius 3 is 2.58 bits per heavy atom. The smallest absolute Gasteiger partial charge is 0.261 e. The molecule has 8 nitrogen and oxygen atoms in total. The molecule has 0 aliphatic heterocycles. The van der Waals surface area contributed by atoms with E-state index in [1.807, 2.05) is 54.6 Å². The lowest BCUT2D eigenvalue weighted by atomic mass is 10.0. The Morgan fingerprint density at radius 2 is 1.75 bits per heavy atom. The van der Waals surface area contributed by atoms with Crippen molar-refractivity contribution in [2.24, 2.45) is 0 Å². The Bertz CT molecular complexity index is 1780. The van der Waals surface area contributed by atoms with Crippen molar-refractivity contribution < 1.29 is 4.79 Å². The Kier molecular flexibility index (Phi) is 5.33. The number of aromatic amines is 2. The second-order valence-corrected chi connectivity index (χ2v) is 8.83. The molecule has 36 heavy (non-hydrogen) atoms. The van der Waals surface area contributed by atoms with Gasteiger partial charge >= 0.3 is 0 Å².